The lowest BCUT2D eigenvalue weighted by Crippen LogP contribution is -2.48. The second kappa shape index (κ2) is 13.4. The topological polar surface area (TPSA) is 121 Å². The molecule has 1 aromatic heterocycles. The van der Waals surface area contributed by atoms with Crippen LogP contribution in [-0.4, -0.2) is 71.6 Å². The third-order valence-electron chi connectivity index (χ3n) is 7.65. The van der Waals surface area contributed by atoms with Crippen LogP contribution in [0.5, 0.6) is 5.75 Å². The lowest BCUT2D eigenvalue weighted by molar-refractivity contribution is -0.137. The molecule has 2 atom stereocenters. The summed E-state index contributed by atoms with van der Waals surface area (Å²) in [6.07, 6.45) is 0.742. The first-order chi connectivity index (χ1) is 19.6. The molecule has 10 nitrogen and oxygen atoms in total. The second-order valence-corrected chi connectivity index (χ2v) is 10.5. The highest BCUT2D eigenvalue weighted by Crippen LogP contribution is 2.36. The van der Waals surface area contributed by atoms with Gasteiger partial charge in [0.25, 0.3) is 5.91 Å². The van der Waals surface area contributed by atoms with Crippen LogP contribution in [0.25, 0.3) is 0 Å². The van der Waals surface area contributed by atoms with Gasteiger partial charge in [-0.05, 0) is 50.4 Å². The minimum Gasteiger partial charge on any atom is -0.495 e. The normalized spacial score (nSPS) is 20.2. The fraction of sp³-hybridized carbons (Fsp3) is 0.571. The summed E-state index contributed by atoms with van der Waals surface area (Å²) in [5, 5.41) is 11.7. The molecule has 1 aromatic carbocycles. The fourth-order valence-corrected chi connectivity index (χ4v) is 5.39. The number of nitrogens with one attached hydrogen (secondary N) is 4. The van der Waals surface area contributed by atoms with E-state index in [0.717, 1.165) is 51.5 Å². The summed E-state index contributed by atoms with van der Waals surface area (Å²) in [5.74, 6) is -0.597. The molecule has 224 valence electrons. The number of aromatic nitrogens is 2. The van der Waals surface area contributed by atoms with Gasteiger partial charge in [0.1, 0.15) is 17.1 Å². The van der Waals surface area contributed by atoms with Crippen LogP contribution < -0.4 is 26.0 Å². The van der Waals surface area contributed by atoms with Crippen molar-refractivity contribution in [2.24, 2.45) is 0 Å². The number of hydrogen-bond acceptors (Lipinski definition) is 8. The van der Waals surface area contributed by atoms with Crippen LogP contribution in [0.1, 0.15) is 68.3 Å². The number of alkyl halides is 3. The average molecular weight is 578 g/mol. The molecule has 2 amide bonds. The standard InChI is InChI=1S/C28H38F3N7O3/c1-4-38-13-11-19(12-14-38)34-26(40)18-9-10-23(24(15-18)41-3)36-27-32-16-20(28(29,30)31)25(37-27)35-22-8-6-5-7-21(22)33-17(2)39/h9-10,15-16,19,21-22H,4-8,11-14H2,1-3H3,(H,33,39)(H,34,40)(H2,32,35,36,37)/t21-,22-/m1/s1. The van der Waals surface area contributed by atoms with Gasteiger partial charge in [-0.15, -0.1) is 0 Å². The van der Waals surface area contributed by atoms with Crippen molar-refractivity contribution in [2.75, 3.05) is 37.4 Å². The smallest absolute Gasteiger partial charge is 0.421 e. The van der Waals surface area contributed by atoms with E-state index in [1.165, 1.54) is 14.0 Å². The van der Waals surface area contributed by atoms with E-state index in [0.29, 0.717) is 29.8 Å². The fourth-order valence-electron chi connectivity index (χ4n) is 5.39. The number of carbonyl (C=O) groups excluding carboxylic acids is 2. The number of rotatable bonds is 9. The molecule has 0 unspecified atom stereocenters. The molecule has 1 saturated heterocycles. The van der Waals surface area contributed by atoms with E-state index in [2.05, 4.69) is 43.1 Å². The van der Waals surface area contributed by atoms with Crippen molar-refractivity contribution in [3.63, 3.8) is 0 Å². The highest BCUT2D eigenvalue weighted by atomic mass is 19.4. The van der Waals surface area contributed by atoms with Gasteiger partial charge < -0.3 is 30.9 Å². The number of hydrogen-bond donors (Lipinski definition) is 4. The van der Waals surface area contributed by atoms with Gasteiger partial charge in [-0.25, -0.2) is 4.98 Å². The van der Waals surface area contributed by atoms with Crippen molar-refractivity contribution in [1.29, 1.82) is 0 Å². The van der Waals surface area contributed by atoms with Crippen LogP contribution in [-0.2, 0) is 11.0 Å². The van der Waals surface area contributed by atoms with E-state index < -0.39 is 17.8 Å². The van der Waals surface area contributed by atoms with E-state index in [9.17, 15) is 22.8 Å². The van der Waals surface area contributed by atoms with Crippen LogP contribution >= 0.6 is 0 Å². The summed E-state index contributed by atoms with van der Waals surface area (Å²) in [5.41, 5.74) is -0.207. The molecule has 1 saturated carbocycles. The van der Waals surface area contributed by atoms with Crippen LogP contribution in [0.3, 0.4) is 0 Å². The number of likely N-dealkylation sites (tertiary alicyclic amines) is 1. The van der Waals surface area contributed by atoms with Gasteiger partial charge >= 0.3 is 6.18 Å². The third kappa shape index (κ3) is 7.99. The first-order valence-corrected chi connectivity index (χ1v) is 14.0. The lowest BCUT2D eigenvalue weighted by atomic mass is 9.90. The Bertz CT molecular complexity index is 1220. The Balaban J connectivity index is 1.51. The van der Waals surface area contributed by atoms with E-state index in [4.69, 9.17) is 4.74 Å². The van der Waals surface area contributed by atoms with Crippen LogP contribution in [0, 0.1) is 0 Å². The Kier molecular flexibility index (Phi) is 9.90. The molecule has 4 rings (SSSR count). The Morgan fingerprint density at radius 2 is 1.78 bits per heavy atom. The molecule has 0 bridgehead atoms. The van der Waals surface area contributed by atoms with Gasteiger partial charge in [0.2, 0.25) is 11.9 Å². The molecule has 2 aromatic rings. The summed E-state index contributed by atoms with van der Waals surface area (Å²) >= 11 is 0. The Morgan fingerprint density at radius 1 is 1.07 bits per heavy atom. The highest BCUT2D eigenvalue weighted by Gasteiger charge is 2.37. The zero-order valence-corrected chi connectivity index (χ0v) is 23.6. The first kappa shape index (κ1) is 30.4. The van der Waals surface area contributed by atoms with Gasteiger partial charge in [-0.2, -0.15) is 18.2 Å². The van der Waals surface area contributed by atoms with Crippen molar-refractivity contribution in [3.05, 3.63) is 35.5 Å². The summed E-state index contributed by atoms with van der Waals surface area (Å²) in [6.45, 7) is 6.37. The van der Waals surface area contributed by atoms with Gasteiger partial charge in [-0.1, -0.05) is 19.8 Å². The maximum Gasteiger partial charge on any atom is 0.421 e. The SMILES string of the molecule is CCN1CCC(NC(=O)c2ccc(Nc3ncc(C(F)(F)F)c(N[C@@H]4CCCC[C@H]4NC(C)=O)n3)c(OC)c2)CC1. The number of halogens is 3. The zero-order chi connectivity index (χ0) is 29.6. The first-order valence-electron chi connectivity index (χ1n) is 14.0. The molecular formula is C28H38F3N7O3. The number of piperidine rings is 1. The second-order valence-electron chi connectivity index (χ2n) is 10.5. The number of ether oxygens (including phenoxy) is 1. The number of amides is 2. The molecule has 4 N–H and O–H groups in total. The van der Waals surface area contributed by atoms with Gasteiger partial charge in [0.05, 0.1) is 12.8 Å². The predicted octanol–water partition coefficient (Wildman–Crippen LogP) is 4.32. The number of carbonyl (C=O) groups is 2. The minimum atomic E-state index is -4.68. The zero-order valence-electron chi connectivity index (χ0n) is 23.6. The summed E-state index contributed by atoms with van der Waals surface area (Å²) in [6, 6.07) is 4.15. The Hall–Kier alpha value is -3.61. The monoisotopic (exact) mass is 577 g/mol. The number of nitrogens with zero attached hydrogens (tertiary/aromatic N) is 3. The largest absolute Gasteiger partial charge is 0.495 e. The van der Waals surface area contributed by atoms with Crippen molar-refractivity contribution < 1.29 is 27.5 Å². The molecule has 2 fully saturated rings. The van der Waals surface area contributed by atoms with Crippen molar-refractivity contribution in [3.8, 4) is 5.75 Å². The van der Waals surface area contributed by atoms with E-state index in [1.807, 2.05) is 0 Å². The number of benzene rings is 1. The van der Waals surface area contributed by atoms with Crippen molar-refractivity contribution >= 4 is 29.3 Å². The van der Waals surface area contributed by atoms with Crippen molar-refractivity contribution in [1.82, 2.24) is 25.5 Å². The predicted molar refractivity (Wildman–Crippen MR) is 149 cm³/mol. The molecule has 13 heteroatoms. The summed E-state index contributed by atoms with van der Waals surface area (Å²) < 4.78 is 47.0. The molecule has 1 aliphatic heterocycles. The highest BCUT2D eigenvalue weighted by molar-refractivity contribution is 5.95. The van der Waals surface area contributed by atoms with E-state index >= 15 is 0 Å². The Morgan fingerprint density at radius 3 is 2.41 bits per heavy atom. The summed E-state index contributed by atoms with van der Waals surface area (Å²) in [4.78, 5) is 34.9. The van der Waals surface area contributed by atoms with Gasteiger partial charge in [0, 0.05) is 49.9 Å². The molecule has 1 aliphatic carbocycles. The maximum absolute atomic E-state index is 13.8. The van der Waals surface area contributed by atoms with Crippen LogP contribution in [0.15, 0.2) is 24.4 Å². The number of methoxy groups -OCH3 is 1. The van der Waals surface area contributed by atoms with Gasteiger partial charge in [-0.3, -0.25) is 9.59 Å². The number of anilines is 3. The summed E-state index contributed by atoms with van der Waals surface area (Å²) in [7, 11) is 1.44. The average Bonchev–Trinajstić information content (AvgIpc) is 2.94. The lowest BCUT2D eigenvalue weighted by Gasteiger charge is -2.33. The van der Waals surface area contributed by atoms with Crippen molar-refractivity contribution in [2.45, 2.75) is 76.7 Å². The molecule has 2 aliphatic rings. The van der Waals surface area contributed by atoms with Crippen LogP contribution in [0.4, 0.5) is 30.6 Å². The Labute approximate surface area is 237 Å². The quantitative estimate of drug-likeness (QED) is 0.348. The maximum atomic E-state index is 13.8. The molecule has 41 heavy (non-hydrogen) atoms. The van der Waals surface area contributed by atoms with Gasteiger partial charge in [0.15, 0.2) is 0 Å². The third-order valence-corrected chi connectivity index (χ3v) is 7.65. The molecule has 0 spiro atoms. The van der Waals surface area contributed by atoms with Crippen LogP contribution in [0.2, 0.25) is 0 Å². The van der Waals surface area contributed by atoms with E-state index in [1.54, 1.807) is 18.2 Å². The van der Waals surface area contributed by atoms with E-state index in [-0.39, 0.29) is 35.7 Å². The molecular weight excluding hydrogens is 539 g/mol. The minimum absolute atomic E-state index is 0.0782. The molecule has 2 heterocycles. The molecule has 0 radical (unpaired) electrons.